The number of hydrogen-bond donors (Lipinski definition) is 1. The third-order valence-electron chi connectivity index (χ3n) is 5.70. The van der Waals surface area contributed by atoms with Crippen LogP contribution in [0.1, 0.15) is 41.6 Å². The van der Waals surface area contributed by atoms with Crippen LogP contribution in [-0.4, -0.2) is 50.6 Å². The Morgan fingerprint density at radius 2 is 1.84 bits per heavy atom. The van der Waals surface area contributed by atoms with E-state index in [0.717, 1.165) is 18.4 Å². The Balaban J connectivity index is 1.91. The molecule has 31 heavy (non-hydrogen) atoms. The van der Waals surface area contributed by atoms with Crippen LogP contribution in [-0.2, 0) is 4.79 Å². The molecule has 6 nitrogen and oxygen atoms in total. The maximum Gasteiger partial charge on any atom is 0.253 e. The van der Waals surface area contributed by atoms with E-state index in [9.17, 15) is 9.59 Å². The van der Waals surface area contributed by atoms with E-state index in [0.29, 0.717) is 41.7 Å². The van der Waals surface area contributed by atoms with Gasteiger partial charge in [-0.25, -0.2) is 0 Å². The lowest BCUT2D eigenvalue weighted by Crippen LogP contribution is -2.36. The summed E-state index contributed by atoms with van der Waals surface area (Å²) in [7, 11) is 3.21. The van der Waals surface area contributed by atoms with Crippen molar-refractivity contribution < 1.29 is 19.1 Å². The molecule has 0 aliphatic carbocycles. The number of amides is 2. The molecule has 1 fully saturated rings. The Morgan fingerprint density at radius 1 is 1.10 bits per heavy atom. The molecule has 2 aromatic rings. The average Bonchev–Trinajstić information content (AvgIpc) is 3.24. The molecule has 1 saturated heterocycles. The van der Waals surface area contributed by atoms with Gasteiger partial charge in [-0.1, -0.05) is 24.9 Å². The van der Waals surface area contributed by atoms with Crippen LogP contribution in [0.25, 0.3) is 0 Å². The van der Waals surface area contributed by atoms with E-state index in [2.05, 4.69) is 12.2 Å². The summed E-state index contributed by atoms with van der Waals surface area (Å²) in [5.41, 5.74) is 1.41. The molecule has 2 aromatic carbocycles. The third kappa shape index (κ3) is 5.31. The molecule has 0 unspecified atom stereocenters. The van der Waals surface area contributed by atoms with Gasteiger partial charge in [0.2, 0.25) is 5.91 Å². The Kier molecular flexibility index (Phi) is 7.80. The normalized spacial score (nSPS) is 18.0. The van der Waals surface area contributed by atoms with Crippen molar-refractivity contribution in [1.82, 2.24) is 10.2 Å². The summed E-state index contributed by atoms with van der Waals surface area (Å²) < 4.78 is 11.0. The smallest absolute Gasteiger partial charge is 0.253 e. The van der Waals surface area contributed by atoms with Crippen LogP contribution in [0, 0.1) is 5.92 Å². The van der Waals surface area contributed by atoms with E-state index < -0.39 is 0 Å². The monoisotopic (exact) mass is 444 g/mol. The number of carbonyl (C=O) groups is 2. The third-order valence-corrected chi connectivity index (χ3v) is 5.95. The number of methoxy groups -OCH3 is 2. The van der Waals surface area contributed by atoms with Crippen molar-refractivity contribution in [3.05, 3.63) is 58.6 Å². The summed E-state index contributed by atoms with van der Waals surface area (Å²) in [4.78, 5) is 27.9. The number of benzene rings is 2. The summed E-state index contributed by atoms with van der Waals surface area (Å²) >= 11 is 5.96. The summed E-state index contributed by atoms with van der Waals surface area (Å²) in [6.07, 6.45) is 1.91. The van der Waals surface area contributed by atoms with Gasteiger partial charge in [0.15, 0.2) is 0 Å². The first kappa shape index (κ1) is 22.9. The topological polar surface area (TPSA) is 67.9 Å². The molecule has 2 atom stereocenters. The van der Waals surface area contributed by atoms with Gasteiger partial charge in [0.25, 0.3) is 5.91 Å². The van der Waals surface area contributed by atoms with Crippen LogP contribution in [0.4, 0.5) is 0 Å². The largest absolute Gasteiger partial charge is 0.497 e. The van der Waals surface area contributed by atoms with E-state index in [1.54, 1.807) is 43.4 Å². The van der Waals surface area contributed by atoms with Crippen LogP contribution in [0.2, 0.25) is 5.02 Å². The highest BCUT2D eigenvalue weighted by Crippen LogP contribution is 2.40. The number of carbonyl (C=O) groups excluding carboxylic acids is 2. The van der Waals surface area contributed by atoms with Crippen LogP contribution in [0.15, 0.2) is 42.5 Å². The Bertz CT molecular complexity index is 916. The van der Waals surface area contributed by atoms with E-state index >= 15 is 0 Å². The first-order valence-electron chi connectivity index (χ1n) is 10.5. The van der Waals surface area contributed by atoms with Crippen LogP contribution >= 0.6 is 11.6 Å². The molecule has 7 heteroatoms. The quantitative estimate of drug-likeness (QED) is 0.621. The molecule has 1 heterocycles. The number of hydrogen-bond acceptors (Lipinski definition) is 4. The van der Waals surface area contributed by atoms with E-state index in [1.807, 2.05) is 18.2 Å². The van der Waals surface area contributed by atoms with E-state index in [1.165, 1.54) is 0 Å². The highest BCUT2D eigenvalue weighted by Gasteiger charge is 2.41. The van der Waals surface area contributed by atoms with Crippen LogP contribution < -0.4 is 14.8 Å². The molecule has 1 aliphatic heterocycles. The molecule has 3 rings (SSSR count). The van der Waals surface area contributed by atoms with Gasteiger partial charge in [-0.3, -0.25) is 9.59 Å². The SMILES string of the molecule is CCCCNC(=O)[C@H]1CN(C(=O)c2ccc(Cl)cc2)C[C@@H]1c1cc(OC)ccc1OC. The minimum atomic E-state index is -0.380. The van der Waals surface area contributed by atoms with Crippen molar-refractivity contribution in [2.45, 2.75) is 25.7 Å². The molecular formula is C24H29ClN2O4. The van der Waals surface area contributed by atoms with Crippen molar-refractivity contribution >= 4 is 23.4 Å². The highest BCUT2D eigenvalue weighted by molar-refractivity contribution is 6.30. The first-order chi connectivity index (χ1) is 15.0. The zero-order valence-electron chi connectivity index (χ0n) is 18.2. The first-order valence-corrected chi connectivity index (χ1v) is 10.9. The van der Waals surface area contributed by atoms with Crippen molar-refractivity contribution in [2.75, 3.05) is 33.9 Å². The number of likely N-dealkylation sites (tertiary alicyclic amines) is 1. The molecule has 0 saturated carbocycles. The second-order valence-corrected chi connectivity index (χ2v) is 8.12. The molecule has 0 aromatic heterocycles. The molecule has 166 valence electrons. The van der Waals surface area contributed by atoms with E-state index in [4.69, 9.17) is 21.1 Å². The maximum atomic E-state index is 13.1. The number of halogens is 1. The molecular weight excluding hydrogens is 416 g/mol. The molecule has 0 spiro atoms. The van der Waals surface area contributed by atoms with Crippen molar-refractivity contribution in [1.29, 1.82) is 0 Å². The Morgan fingerprint density at radius 3 is 2.48 bits per heavy atom. The fourth-order valence-electron chi connectivity index (χ4n) is 3.97. The summed E-state index contributed by atoms with van der Waals surface area (Å²) in [6, 6.07) is 12.4. The molecule has 2 amide bonds. The summed E-state index contributed by atoms with van der Waals surface area (Å²) in [5.74, 6) is 0.612. The van der Waals surface area contributed by atoms with Crippen molar-refractivity contribution in [3.8, 4) is 11.5 Å². The van der Waals surface area contributed by atoms with Gasteiger partial charge in [-0.2, -0.15) is 0 Å². The summed E-state index contributed by atoms with van der Waals surface area (Å²) in [5, 5.41) is 3.61. The van der Waals surface area contributed by atoms with Crippen molar-refractivity contribution in [3.63, 3.8) is 0 Å². The molecule has 0 bridgehead atoms. The zero-order chi connectivity index (χ0) is 22.4. The number of unbranched alkanes of at least 4 members (excludes halogenated alkanes) is 1. The lowest BCUT2D eigenvalue weighted by Gasteiger charge is -2.21. The lowest BCUT2D eigenvalue weighted by atomic mass is 9.87. The fraction of sp³-hybridized carbons (Fsp3) is 0.417. The van der Waals surface area contributed by atoms with Crippen LogP contribution in [0.3, 0.4) is 0 Å². The van der Waals surface area contributed by atoms with Gasteiger partial charge in [-0.15, -0.1) is 0 Å². The van der Waals surface area contributed by atoms with Gasteiger partial charge >= 0.3 is 0 Å². The number of nitrogens with one attached hydrogen (secondary N) is 1. The number of ether oxygens (including phenoxy) is 2. The maximum absolute atomic E-state index is 13.1. The molecule has 1 aliphatic rings. The van der Waals surface area contributed by atoms with Gasteiger partial charge < -0.3 is 19.7 Å². The second kappa shape index (κ2) is 10.5. The second-order valence-electron chi connectivity index (χ2n) is 7.68. The minimum Gasteiger partial charge on any atom is -0.497 e. The summed E-state index contributed by atoms with van der Waals surface area (Å²) in [6.45, 7) is 3.46. The standard InChI is InChI=1S/C24H29ClN2O4/c1-4-5-12-26-23(28)21-15-27(24(29)16-6-8-17(25)9-7-16)14-20(21)19-13-18(30-2)10-11-22(19)31-3/h6-11,13,20-21H,4-5,12,14-15H2,1-3H3,(H,26,28)/t20-,21+/m1/s1. The van der Waals surface area contributed by atoms with Crippen molar-refractivity contribution in [2.24, 2.45) is 5.92 Å². The Labute approximate surface area is 188 Å². The average molecular weight is 445 g/mol. The number of rotatable bonds is 8. The van der Waals surface area contributed by atoms with Gasteiger partial charge in [0, 0.05) is 41.7 Å². The predicted molar refractivity (Wildman–Crippen MR) is 121 cm³/mol. The van der Waals surface area contributed by atoms with Crippen LogP contribution in [0.5, 0.6) is 11.5 Å². The Hall–Kier alpha value is -2.73. The van der Waals surface area contributed by atoms with E-state index in [-0.39, 0.29) is 23.7 Å². The zero-order valence-corrected chi connectivity index (χ0v) is 18.9. The minimum absolute atomic E-state index is 0.0465. The molecule has 0 radical (unpaired) electrons. The fourth-order valence-corrected chi connectivity index (χ4v) is 4.10. The van der Waals surface area contributed by atoms with Gasteiger partial charge in [0.1, 0.15) is 11.5 Å². The van der Waals surface area contributed by atoms with Gasteiger partial charge in [0.05, 0.1) is 20.1 Å². The molecule has 1 N–H and O–H groups in total. The van der Waals surface area contributed by atoms with Gasteiger partial charge in [-0.05, 0) is 48.9 Å². The highest BCUT2D eigenvalue weighted by atomic mass is 35.5. The lowest BCUT2D eigenvalue weighted by molar-refractivity contribution is -0.124. The number of nitrogens with zero attached hydrogens (tertiary/aromatic N) is 1. The predicted octanol–water partition coefficient (Wildman–Crippen LogP) is 4.13.